The normalized spacial score (nSPS) is 21.0. The molecule has 1 aromatic carbocycles. The first kappa shape index (κ1) is 17.2. The molecule has 0 radical (unpaired) electrons. The van der Waals surface area contributed by atoms with Gasteiger partial charge in [0.25, 0.3) is 5.91 Å². The minimum absolute atomic E-state index is 0.0327. The number of aromatic nitrogens is 2. The Hall–Kier alpha value is -2.21. The average Bonchev–Trinajstić information content (AvgIpc) is 2.81. The molecule has 1 fully saturated rings. The highest BCUT2D eigenvalue weighted by Crippen LogP contribution is 2.31. The number of hydrogen-bond acceptors (Lipinski definition) is 3. The molecular weight excluding hydrogens is 331 g/mol. The van der Waals surface area contributed by atoms with Gasteiger partial charge in [-0.15, -0.1) is 0 Å². The molecular formula is C20H25FN4O. The summed E-state index contributed by atoms with van der Waals surface area (Å²) >= 11 is 0. The molecule has 1 aromatic heterocycles. The van der Waals surface area contributed by atoms with Crippen LogP contribution in [0.2, 0.25) is 0 Å². The highest BCUT2D eigenvalue weighted by molar-refractivity contribution is 5.92. The van der Waals surface area contributed by atoms with Gasteiger partial charge in [-0.25, -0.2) is 9.37 Å². The van der Waals surface area contributed by atoms with E-state index in [1.165, 1.54) is 6.07 Å². The lowest BCUT2D eigenvalue weighted by molar-refractivity contribution is 0.0674. The van der Waals surface area contributed by atoms with E-state index < -0.39 is 0 Å². The first-order valence-electron chi connectivity index (χ1n) is 9.55. The standard InChI is InChI=1S/C20H25FN4O/c21-16-6-4-5-15(13-16)18-7-2-1-3-11-25(18)20(26)17-14-24-12-10-22-9-8-19(24)23-17/h4-6,13-14,18,22H,1-3,7-12H2. The molecule has 1 N–H and O–H groups in total. The molecule has 4 rings (SSSR count). The maximum atomic E-state index is 13.7. The van der Waals surface area contributed by atoms with Crippen LogP contribution in [-0.4, -0.2) is 40.0 Å². The minimum Gasteiger partial charge on any atom is -0.333 e. The lowest BCUT2D eigenvalue weighted by Crippen LogP contribution is -2.35. The molecule has 138 valence electrons. The van der Waals surface area contributed by atoms with E-state index in [-0.39, 0.29) is 17.8 Å². The quantitative estimate of drug-likeness (QED) is 0.900. The average molecular weight is 356 g/mol. The smallest absolute Gasteiger partial charge is 0.274 e. The molecule has 2 aliphatic rings. The van der Waals surface area contributed by atoms with Crippen molar-refractivity contribution in [2.24, 2.45) is 0 Å². The second-order valence-electron chi connectivity index (χ2n) is 7.15. The number of rotatable bonds is 2. The molecule has 0 bridgehead atoms. The molecule has 5 nitrogen and oxygen atoms in total. The van der Waals surface area contributed by atoms with E-state index in [2.05, 4.69) is 14.9 Å². The third-order valence-electron chi connectivity index (χ3n) is 5.38. The van der Waals surface area contributed by atoms with Crippen molar-refractivity contribution < 1.29 is 9.18 Å². The summed E-state index contributed by atoms with van der Waals surface area (Å²) in [6, 6.07) is 6.58. The van der Waals surface area contributed by atoms with Crippen molar-refractivity contribution in [3.05, 3.63) is 53.4 Å². The summed E-state index contributed by atoms with van der Waals surface area (Å²) in [5.41, 5.74) is 1.40. The lowest BCUT2D eigenvalue weighted by Gasteiger charge is -2.30. The Bertz CT molecular complexity index is 764. The summed E-state index contributed by atoms with van der Waals surface area (Å²) in [6.45, 7) is 3.32. The monoisotopic (exact) mass is 356 g/mol. The van der Waals surface area contributed by atoms with Crippen LogP contribution in [-0.2, 0) is 13.0 Å². The largest absolute Gasteiger partial charge is 0.333 e. The summed E-state index contributed by atoms with van der Waals surface area (Å²) in [5, 5.41) is 3.34. The van der Waals surface area contributed by atoms with Crippen molar-refractivity contribution in [1.82, 2.24) is 19.8 Å². The van der Waals surface area contributed by atoms with E-state index in [1.807, 2.05) is 17.2 Å². The van der Waals surface area contributed by atoms with E-state index in [0.29, 0.717) is 12.2 Å². The van der Waals surface area contributed by atoms with Crippen molar-refractivity contribution in [1.29, 1.82) is 0 Å². The zero-order valence-corrected chi connectivity index (χ0v) is 15.0. The lowest BCUT2D eigenvalue weighted by atomic mass is 10.0. The maximum absolute atomic E-state index is 13.7. The van der Waals surface area contributed by atoms with Crippen molar-refractivity contribution in [2.45, 2.75) is 44.7 Å². The van der Waals surface area contributed by atoms with Crippen LogP contribution in [0.5, 0.6) is 0 Å². The summed E-state index contributed by atoms with van der Waals surface area (Å²) < 4.78 is 15.8. The number of likely N-dealkylation sites (tertiary alicyclic amines) is 1. The second-order valence-corrected chi connectivity index (χ2v) is 7.15. The molecule has 2 aromatic rings. The molecule has 2 aliphatic heterocycles. The third-order valence-corrected chi connectivity index (χ3v) is 5.38. The van der Waals surface area contributed by atoms with Gasteiger partial charge in [-0.3, -0.25) is 4.79 Å². The van der Waals surface area contributed by atoms with Crippen molar-refractivity contribution in [3.63, 3.8) is 0 Å². The highest BCUT2D eigenvalue weighted by atomic mass is 19.1. The van der Waals surface area contributed by atoms with Crippen LogP contribution in [0.4, 0.5) is 4.39 Å². The van der Waals surface area contributed by atoms with Gasteiger partial charge in [0.05, 0.1) is 6.04 Å². The zero-order chi connectivity index (χ0) is 17.9. The maximum Gasteiger partial charge on any atom is 0.274 e. The third kappa shape index (κ3) is 3.51. The number of benzene rings is 1. The molecule has 26 heavy (non-hydrogen) atoms. The molecule has 1 unspecified atom stereocenters. The summed E-state index contributed by atoms with van der Waals surface area (Å²) in [7, 11) is 0. The number of nitrogens with zero attached hydrogens (tertiary/aromatic N) is 3. The van der Waals surface area contributed by atoms with E-state index in [0.717, 1.165) is 63.1 Å². The molecule has 0 aliphatic carbocycles. The SMILES string of the molecule is O=C(c1cn2c(n1)CCNCC2)N1CCCCCC1c1cccc(F)c1. The molecule has 0 saturated carbocycles. The van der Waals surface area contributed by atoms with Gasteiger partial charge in [0.1, 0.15) is 17.3 Å². The van der Waals surface area contributed by atoms with E-state index >= 15 is 0 Å². The second kappa shape index (κ2) is 7.58. The fourth-order valence-corrected chi connectivity index (χ4v) is 4.03. The molecule has 3 heterocycles. The Labute approximate surface area is 153 Å². The van der Waals surface area contributed by atoms with Crippen molar-refractivity contribution in [3.8, 4) is 0 Å². The number of carbonyl (C=O) groups is 1. The summed E-state index contributed by atoms with van der Waals surface area (Å²) in [6.07, 6.45) is 6.72. The summed E-state index contributed by atoms with van der Waals surface area (Å²) in [4.78, 5) is 19.8. The summed E-state index contributed by atoms with van der Waals surface area (Å²) in [5.74, 6) is 0.686. The van der Waals surface area contributed by atoms with E-state index in [4.69, 9.17) is 0 Å². The Kier molecular flexibility index (Phi) is 5.02. The number of nitrogens with one attached hydrogen (secondary N) is 1. The van der Waals surface area contributed by atoms with Crippen LogP contribution in [0, 0.1) is 5.82 Å². The Morgan fingerprint density at radius 1 is 1.19 bits per heavy atom. The highest BCUT2D eigenvalue weighted by Gasteiger charge is 2.29. The van der Waals surface area contributed by atoms with Gasteiger partial charge in [-0.05, 0) is 30.5 Å². The van der Waals surface area contributed by atoms with Gasteiger partial charge in [-0.2, -0.15) is 0 Å². The van der Waals surface area contributed by atoms with Gasteiger partial charge >= 0.3 is 0 Å². The van der Waals surface area contributed by atoms with Gasteiger partial charge in [-0.1, -0.05) is 25.0 Å². The van der Waals surface area contributed by atoms with Gasteiger partial charge in [0, 0.05) is 38.8 Å². The topological polar surface area (TPSA) is 50.2 Å². The van der Waals surface area contributed by atoms with Crippen LogP contribution in [0.15, 0.2) is 30.5 Å². The van der Waals surface area contributed by atoms with E-state index in [9.17, 15) is 9.18 Å². The molecule has 1 saturated heterocycles. The van der Waals surface area contributed by atoms with Crippen LogP contribution < -0.4 is 5.32 Å². The fraction of sp³-hybridized carbons (Fsp3) is 0.500. The molecule has 1 amide bonds. The van der Waals surface area contributed by atoms with Crippen LogP contribution >= 0.6 is 0 Å². The van der Waals surface area contributed by atoms with E-state index in [1.54, 1.807) is 12.1 Å². The minimum atomic E-state index is -0.250. The number of fused-ring (bicyclic) bond motifs is 1. The van der Waals surface area contributed by atoms with Gasteiger partial charge in [0.2, 0.25) is 0 Å². The Morgan fingerprint density at radius 2 is 2.12 bits per heavy atom. The first-order chi connectivity index (χ1) is 12.7. The van der Waals surface area contributed by atoms with Crippen LogP contribution in [0.3, 0.4) is 0 Å². The van der Waals surface area contributed by atoms with Crippen molar-refractivity contribution in [2.75, 3.05) is 19.6 Å². The molecule has 1 atom stereocenters. The molecule has 6 heteroatoms. The Morgan fingerprint density at radius 3 is 3.00 bits per heavy atom. The number of carbonyl (C=O) groups excluding carboxylic acids is 1. The number of hydrogen-bond donors (Lipinski definition) is 1. The van der Waals surface area contributed by atoms with Gasteiger partial charge < -0.3 is 14.8 Å². The number of amides is 1. The fourth-order valence-electron chi connectivity index (χ4n) is 4.03. The number of halogens is 1. The van der Waals surface area contributed by atoms with Crippen molar-refractivity contribution >= 4 is 5.91 Å². The van der Waals surface area contributed by atoms with Crippen LogP contribution in [0.25, 0.3) is 0 Å². The Balaban J connectivity index is 1.63. The molecule has 0 spiro atoms. The number of imidazole rings is 1. The van der Waals surface area contributed by atoms with Crippen LogP contribution in [0.1, 0.15) is 53.6 Å². The van der Waals surface area contributed by atoms with Gasteiger partial charge in [0.15, 0.2) is 0 Å². The predicted molar refractivity (Wildman–Crippen MR) is 97.4 cm³/mol. The zero-order valence-electron chi connectivity index (χ0n) is 15.0. The first-order valence-corrected chi connectivity index (χ1v) is 9.55. The predicted octanol–water partition coefficient (Wildman–Crippen LogP) is 2.93.